The Labute approximate surface area is 130 Å². The van der Waals surface area contributed by atoms with E-state index >= 15 is 0 Å². The highest BCUT2D eigenvalue weighted by atomic mass is 15.0. The van der Waals surface area contributed by atoms with Crippen molar-refractivity contribution < 1.29 is 0 Å². The lowest BCUT2D eigenvalue weighted by atomic mass is 9.90. The van der Waals surface area contributed by atoms with Crippen molar-refractivity contribution in [3.8, 4) is 11.3 Å². The van der Waals surface area contributed by atoms with Gasteiger partial charge in [-0.1, -0.05) is 18.2 Å². The summed E-state index contributed by atoms with van der Waals surface area (Å²) < 4.78 is 2.18. The van der Waals surface area contributed by atoms with Crippen molar-refractivity contribution in [2.45, 2.75) is 39.2 Å². The molecule has 4 rings (SSSR count). The van der Waals surface area contributed by atoms with Crippen LogP contribution in [0.2, 0.25) is 0 Å². The number of fused-ring (bicyclic) bond motifs is 2. The molecule has 0 amide bonds. The van der Waals surface area contributed by atoms with E-state index in [1.807, 2.05) is 6.07 Å². The Kier molecular flexibility index (Phi) is 3.23. The van der Waals surface area contributed by atoms with Gasteiger partial charge in [-0.15, -0.1) is 0 Å². The van der Waals surface area contributed by atoms with E-state index in [0.29, 0.717) is 6.54 Å². The number of benzene rings is 1. The molecular weight excluding hydrogens is 270 g/mol. The van der Waals surface area contributed by atoms with E-state index in [1.54, 1.807) is 0 Å². The van der Waals surface area contributed by atoms with Crippen LogP contribution in [0, 0.1) is 6.92 Å². The minimum atomic E-state index is 0.498. The summed E-state index contributed by atoms with van der Waals surface area (Å²) in [5, 5.41) is 0. The zero-order chi connectivity index (χ0) is 15.1. The van der Waals surface area contributed by atoms with Crippen LogP contribution >= 0.6 is 0 Å². The van der Waals surface area contributed by atoms with Gasteiger partial charge in [-0.25, -0.2) is 4.98 Å². The maximum atomic E-state index is 6.04. The molecule has 1 aliphatic carbocycles. The minimum Gasteiger partial charge on any atom is -0.325 e. The third-order valence-corrected chi connectivity index (χ3v) is 4.75. The molecule has 0 aliphatic heterocycles. The molecule has 3 heteroatoms. The summed E-state index contributed by atoms with van der Waals surface area (Å²) in [7, 11) is 0. The van der Waals surface area contributed by atoms with E-state index in [4.69, 9.17) is 10.7 Å². The van der Waals surface area contributed by atoms with Crippen molar-refractivity contribution in [1.29, 1.82) is 0 Å². The van der Waals surface area contributed by atoms with Crippen LogP contribution in [0.1, 0.15) is 35.4 Å². The first-order valence-electron chi connectivity index (χ1n) is 8.07. The van der Waals surface area contributed by atoms with Crippen LogP contribution in [0.5, 0.6) is 0 Å². The van der Waals surface area contributed by atoms with Crippen LogP contribution in [0.25, 0.3) is 16.9 Å². The fraction of sp³-hybridized carbons (Fsp3) is 0.316. The van der Waals surface area contributed by atoms with Crippen molar-refractivity contribution in [3.63, 3.8) is 0 Å². The molecule has 0 saturated carbocycles. The van der Waals surface area contributed by atoms with E-state index in [9.17, 15) is 0 Å². The summed E-state index contributed by atoms with van der Waals surface area (Å²) >= 11 is 0. The Hall–Kier alpha value is -2.13. The predicted octanol–water partition coefficient (Wildman–Crippen LogP) is 3.65. The average Bonchev–Trinajstić information content (AvgIpc) is 2.94. The van der Waals surface area contributed by atoms with Gasteiger partial charge in [0.15, 0.2) is 0 Å². The molecule has 3 aromatic rings. The molecule has 2 N–H and O–H groups in total. The van der Waals surface area contributed by atoms with E-state index < -0.39 is 0 Å². The molecule has 0 bridgehead atoms. The number of nitrogens with two attached hydrogens (primary N) is 1. The van der Waals surface area contributed by atoms with E-state index in [0.717, 1.165) is 17.0 Å². The lowest BCUT2D eigenvalue weighted by Gasteiger charge is -2.16. The Balaban J connectivity index is 1.92. The highest BCUT2D eigenvalue weighted by Crippen LogP contribution is 2.30. The normalized spacial score (nSPS) is 14.3. The van der Waals surface area contributed by atoms with Gasteiger partial charge in [-0.2, -0.15) is 0 Å². The third-order valence-electron chi connectivity index (χ3n) is 4.75. The van der Waals surface area contributed by atoms with Gasteiger partial charge in [0.1, 0.15) is 5.65 Å². The third kappa shape index (κ3) is 2.04. The number of rotatable bonds is 2. The fourth-order valence-electron chi connectivity index (χ4n) is 3.63. The van der Waals surface area contributed by atoms with Crippen LogP contribution in [0.4, 0.5) is 0 Å². The highest BCUT2D eigenvalue weighted by molar-refractivity contribution is 5.68. The lowest BCUT2D eigenvalue weighted by molar-refractivity contribution is 0.686. The molecule has 1 aliphatic rings. The largest absolute Gasteiger partial charge is 0.325 e. The molecule has 0 radical (unpaired) electrons. The monoisotopic (exact) mass is 291 g/mol. The lowest BCUT2D eigenvalue weighted by Crippen LogP contribution is -2.05. The van der Waals surface area contributed by atoms with Crippen LogP contribution < -0.4 is 5.73 Å². The first-order chi connectivity index (χ1) is 10.8. The standard InChI is InChI=1S/C19H21N3/c1-13-5-4-8-18-21-19(17(12-20)22(13)18)16-10-9-14-6-2-3-7-15(14)11-16/h4-5,8-11H,2-3,6-7,12,20H2,1H3. The maximum absolute atomic E-state index is 6.04. The van der Waals surface area contributed by atoms with Crippen LogP contribution in [0.3, 0.4) is 0 Å². The zero-order valence-corrected chi connectivity index (χ0v) is 13.0. The molecule has 0 fully saturated rings. The van der Waals surface area contributed by atoms with Crippen molar-refractivity contribution >= 4 is 5.65 Å². The molecule has 2 heterocycles. The van der Waals surface area contributed by atoms with Crippen molar-refractivity contribution in [3.05, 3.63) is 58.9 Å². The fourth-order valence-corrected chi connectivity index (χ4v) is 3.63. The smallest absolute Gasteiger partial charge is 0.137 e. The first kappa shape index (κ1) is 13.5. The second kappa shape index (κ2) is 5.25. The van der Waals surface area contributed by atoms with Gasteiger partial charge in [-0.3, -0.25) is 4.40 Å². The number of aromatic nitrogens is 2. The molecule has 0 spiro atoms. The quantitative estimate of drug-likeness (QED) is 0.783. The molecule has 0 atom stereocenters. The molecule has 3 nitrogen and oxygen atoms in total. The predicted molar refractivity (Wildman–Crippen MR) is 89.9 cm³/mol. The molecule has 1 aromatic carbocycles. The number of hydrogen-bond donors (Lipinski definition) is 1. The van der Waals surface area contributed by atoms with Crippen LogP contribution in [0.15, 0.2) is 36.4 Å². The molecule has 0 unspecified atom stereocenters. The maximum Gasteiger partial charge on any atom is 0.137 e. The molecular formula is C19H21N3. The van der Waals surface area contributed by atoms with E-state index in [2.05, 4.69) is 41.7 Å². The summed E-state index contributed by atoms with van der Waals surface area (Å²) in [6, 6.07) is 13.0. The highest BCUT2D eigenvalue weighted by Gasteiger charge is 2.16. The summed E-state index contributed by atoms with van der Waals surface area (Å²) in [4.78, 5) is 4.85. The summed E-state index contributed by atoms with van der Waals surface area (Å²) in [6.45, 7) is 2.60. The van der Waals surface area contributed by atoms with Gasteiger partial charge in [-0.05, 0) is 61.9 Å². The van der Waals surface area contributed by atoms with Gasteiger partial charge in [0.2, 0.25) is 0 Å². The molecule has 0 saturated heterocycles. The number of pyridine rings is 1. The van der Waals surface area contributed by atoms with Crippen molar-refractivity contribution in [1.82, 2.24) is 9.38 Å². The Morgan fingerprint density at radius 1 is 1.09 bits per heavy atom. The Bertz CT molecular complexity index is 845. The Morgan fingerprint density at radius 3 is 2.73 bits per heavy atom. The van der Waals surface area contributed by atoms with Crippen molar-refractivity contribution in [2.75, 3.05) is 0 Å². The number of imidazole rings is 1. The second-order valence-electron chi connectivity index (χ2n) is 6.16. The SMILES string of the molecule is Cc1cccc2nc(-c3ccc4c(c3)CCCC4)c(CN)n12. The van der Waals surface area contributed by atoms with Crippen LogP contribution in [-0.2, 0) is 19.4 Å². The van der Waals surface area contributed by atoms with E-state index in [-0.39, 0.29) is 0 Å². The second-order valence-corrected chi connectivity index (χ2v) is 6.16. The topological polar surface area (TPSA) is 43.3 Å². The molecule has 2 aromatic heterocycles. The first-order valence-corrected chi connectivity index (χ1v) is 8.07. The summed E-state index contributed by atoms with van der Waals surface area (Å²) in [5.74, 6) is 0. The Morgan fingerprint density at radius 2 is 1.91 bits per heavy atom. The molecule has 22 heavy (non-hydrogen) atoms. The van der Waals surface area contributed by atoms with Crippen LogP contribution in [-0.4, -0.2) is 9.38 Å². The number of nitrogens with zero attached hydrogens (tertiary/aromatic N) is 2. The van der Waals surface area contributed by atoms with Gasteiger partial charge >= 0.3 is 0 Å². The molecule has 112 valence electrons. The van der Waals surface area contributed by atoms with E-state index in [1.165, 1.54) is 48.1 Å². The number of hydrogen-bond acceptors (Lipinski definition) is 2. The minimum absolute atomic E-state index is 0.498. The number of aryl methyl sites for hydroxylation is 3. The van der Waals surface area contributed by atoms with Gasteiger partial charge < -0.3 is 5.73 Å². The van der Waals surface area contributed by atoms with Crippen molar-refractivity contribution in [2.24, 2.45) is 5.73 Å². The average molecular weight is 291 g/mol. The summed E-state index contributed by atoms with van der Waals surface area (Å²) in [5.41, 5.74) is 14.5. The van der Waals surface area contributed by atoms with Gasteiger partial charge in [0.05, 0.1) is 11.4 Å². The van der Waals surface area contributed by atoms with Gasteiger partial charge in [0.25, 0.3) is 0 Å². The van der Waals surface area contributed by atoms with Gasteiger partial charge in [0, 0.05) is 17.8 Å². The summed E-state index contributed by atoms with van der Waals surface area (Å²) in [6.07, 6.45) is 5.01. The zero-order valence-electron chi connectivity index (χ0n) is 13.0.